The first-order valence-electron chi connectivity index (χ1n) is 7.86. The molecule has 18 heavy (non-hydrogen) atoms. The van der Waals surface area contributed by atoms with Crippen LogP contribution in [0.3, 0.4) is 0 Å². The summed E-state index contributed by atoms with van der Waals surface area (Å²) in [5.74, 6) is 0.541. The molecule has 2 fully saturated rings. The number of rotatable bonds is 4. The van der Waals surface area contributed by atoms with E-state index in [0.29, 0.717) is 5.92 Å². The van der Waals surface area contributed by atoms with Gasteiger partial charge in [-0.1, -0.05) is 6.92 Å². The van der Waals surface area contributed by atoms with Crippen molar-refractivity contribution in [3.05, 3.63) is 0 Å². The van der Waals surface area contributed by atoms with E-state index in [4.69, 9.17) is 0 Å². The predicted molar refractivity (Wildman–Crippen MR) is 75.7 cm³/mol. The lowest BCUT2D eigenvalue weighted by Crippen LogP contribution is -2.46. The number of likely N-dealkylation sites (tertiary alicyclic amines) is 1. The van der Waals surface area contributed by atoms with Crippen LogP contribution in [0.2, 0.25) is 0 Å². The second-order valence-corrected chi connectivity index (χ2v) is 6.18. The van der Waals surface area contributed by atoms with E-state index in [1.807, 2.05) is 6.92 Å². The summed E-state index contributed by atoms with van der Waals surface area (Å²) in [5.41, 5.74) is 0. The van der Waals surface area contributed by atoms with Crippen LogP contribution in [0.5, 0.6) is 0 Å². The first kappa shape index (κ1) is 14.3. The third-order valence-electron chi connectivity index (χ3n) is 4.96. The molecule has 1 atom stereocenters. The van der Waals surface area contributed by atoms with Gasteiger partial charge in [0.25, 0.3) is 0 Å². The molecule has 0 bridgehead atoms. The molecule has 106 valence electrons. The molecule has 1 aliphatic carbocycles. The summed E-state index contributed by atoms with van der Waals surface area (Å²) >= 11 is 0. The zero-order valence-electron chi connectivity index (χ0n) is 12.1. The maximum atomic E-state index is 9.64. The van der Waals surface area contributed by atoms with Gasteiger partial charge in [0, 0.05) is 12.1 Å². The lowest BCUT2D eigenvalue weighted by molar-refractivity contribution is 0.0452. The molecule has 2 N–H and O–H groups in total. The Bertz CT molecular complexity index is 229. The predicted octanol–water partition coefficient (Wildman–Crippen LogP) is 2.00. The number of aliphatic hydroxyl groups is 1. The molecule has 0 aromatic rings. The minimum absolute atomic E-state index is 0.114. The summed E-state index contributed by atoms with van der Waals surface area (Å²) < 4.78 is 0. The molecule has 0 amide bonds. The largest absolute Gasteiger partial charge is 0.393 e. The van der Waals surface area contributed by atoms with Gasteiger partial charge >= 0.3 is 0 Å². The van der Waals surface area contributed by atoms with Crippen molar-refractivity contribution in [2.24, 2.45) is 5.92 Å². The summed E-state index contributed by atoms with van der Waals surface area (Å²) in [6.45, 7) is 7.65. The molecular weight excluding hydrogens is 224 g/mol. The molecule has 3 nitrogen and oxygen atoms in total. The van der Waals surface area contributed by atoms with Crippen LogP contribution >= 0.6 is 0 Å². The van der Waals surface area contributed by atoms with Gasteiger partial charge < -0.3 is 15.3 Å². The van der Waals surface area contributed by atoms with Crippen molar-refractivity contribution in [3.63, 3.8) is 0 Å². The molecule has 1 saturated carbocycles. The molecule has 0 aromatic heterocycles. The number of aliphatic hydroxyl groups excluding tert-OH is 1. The topological polar surface area (TPSA) is 35.5 Å². The smallest absolute Gasteiger partial charge is 0.0541 e. The van der Waals surface area contributed by atoms with Gasteiger partial charge in [-0.05, 0) is 71.0 Å². The van der Waals surface area contributed by atoms with E-state index >= 15 is 0 Å². The number of hydrogen-bond donors (Lipinski definition) is 2. The molecule has 1 aliphatic heterocycles. The quantitative estimate of drug-likeness (QED) is 0.805. The van der Waals surface area contributed by atoms with Crippen molar-refractivity contribution in [2.75, 3.05) is 19.6 Å². The SMILES string of the molecule is CCNC1CCC(N2CCC(C(C)O)CC2)CC1. The van der Waals surface area contributed by atoms with Crippen molar-refractivity contribution in [3.8, 4) is 0 Å². The molecular formula is C15H30N2O. The Labute approximate surface area is 112 Å². The lowest BCUT2D eigenvalue weighted by Gasteiger charge is -2.41. The summed E-state index contributed by atoms with van der Waals surface area (Å²) in [7, 11) is 0. The van der Waals surface area contributed by atoms with Crippen molar-refractivity contribution in [2.45, 2.75) is 70.6 Å². The zero-order chi connectivity index (χ0) is 13.0. The van der Waals surface area contributed by atoms with Gasteiger partial charge in [-0.2, -0.15) is 0 Å². The average molecular weight is 254 g/mol. The highest BCUT2D eigenvalue weighted by Gasteiger charge is 2.29. The fourth-order valence-electron chi connectivity index (χ4n) is 3.70. The Morgan fingerprint density at radius 2 is 1.72 bits per heavy atom. The first-order valence-corrected chi connectivity index (χ1v) is 7.86. The number of piperidine rings is 1. The van der Waals surface area contributed by atoms with Crippen molar-refractivity contribution >= 4 is 0 Å². The van der Waals surface area contributed by atoms with Crippen LogP contribution in [0.1, 0.15) is 52.4 Å². The molecule has 2 aliphatic rings. The third kappa shape index (κ3) is 3.69. The van der Waals surface area contributed by atoms with Crippen molar-refractivity contribution in [1.29, 1.82) is 0 Å². The maximum Gasteiger partial charge on any atom is 0.0541 e. The Morgan fingerprint density at radius 1 is 1.11 bits per heavy atom. The number of nitrogens with zero attached hydrogens (tertiary/aromatic N) is 1. The van der Waals surface area contributed by atoms with Crippen LogP contribution in [0.15, 0.2) is 0 Å². The van der Waals surface area contributed by atoms with Crippen LogP contribution < -0.4 is 5.32 Å². The zero-order valence-corrected chi connectivity index (χ0v) is 12.1. The molecule has 0 radical (unpaired) electrons. The van der Waals surface area contributed by atoms with Gasteiger partial charge in [0.1, 0.15) is 0 Å². The fourth-order valence-corrected chi connectivity index (χ4v) is 3.70. The van der Waals surface area contributed by atoms with Gasteiger partial charge in [-0.25, -0.2) is 0 Å². The Balaban J connectivity index is 1.71. The van der Waals surface area contributed by atoms with Crippen molar-refractivity contribution in [1.82, 2.24) is 10.2 Å². The molecule has 1 heterocycles. The van der Waals surface area contributed by atoms with Crippen molar-refractivity contribution < 1.29 is 5.11 Å². The van der Waals surface area contributed by atoms with E-state index in [1.165, 1.54) is 51.6 Å². The van der Waals surface area contributed by atoms with E-state index in [2.05, 4.69) is 17.1 Å². The summed E-state index contributed by atoms with van der Waals surface area (Å²) in [6, 6.07) is 1.58. The van der Waals surface area contributed by atoms with E-state index in [-0.39, 0.29) is 6.10 Å². The Hall–Kier alpha value is -0.120. The van der Waals surface area contributed by atoms with Gasteiger partial charge in [-0.3, -0.25) is 0 Å². The molecule has 1 saturated heterocycles. The fraction of sp³-hybridized carbons (Fsp3) is 1.00. The Kier molecular flexibility index (Phi) is 5.46. The highest BCUT2D eigenvalue weighted by Crippen LogP contribution is 2.28. The number of nitrogens with one attached hydrogen (secondary N) is 1. The molecule has 0 aromatic carbocycles. The Morgan fingerprint density at radius 3 is 2.22 bits per heavy atom. The summed E-state index contributed by atoms with van der Waals surface area (Å²) in [5, 5.41) is 13.2. The third-order valence-corrected chi connectivity index (χ3v) is 4.96. The average Bonchev–Trinajstić information content (AvgIpc) is 2.40. The monoisotopic (exact) mass is 254 g/mol. The highest BCUT2D eigenvalue weighted by atomic mass is 16.3. The molecule has 0 spiro atoms. The standard InChI is InChI=1S/C15H30N2O/c1-3-16-14-4-6-15(7-5-14)17-10-8-13(9-11-17)12(2)18/h12-16,18H,3-11H2,1-2H3. The molecule has 1 unspecified atom stereocenters. The van der Waals surface area contributed by atoms with Gasteiger partial charge in [0.15, 0.2) is 0 Å². The van der Waals surface area contributed by atoms with Crippen LogP contribution in [0.4, 0.5) is 0 Å². The lowest BCUT2D eigenvalue weighted by atomic mass is 9.86. The van der Waals surface area contributed by atoms with Crippen LogP contribution in [0.25, 0.3) is 0 Å². The number of hydrogen-bond acceptors (Lipinski definition) is 3. The summed E-state index contributed by atoms with van der Waals surface area (Å²) in [6.07, 6.45) is 7.66. The maximum absolute atomic E-state index is 9.64. The minimum atomic E-state index is -0.114. The minimum Gasteiger partial charge on any atom is -0.393 e. The van der Waals surface area contributed by atoms with Crippen LogP contribution in [-0.4, -0.2) is 47.8 Å². The second-order valence-electron chi connectivity index (χ2n) is 6.18. The molecule has 2 rings (SSSR count). The molecule has 3 heteroatoms. The van der Waals surface area contributed by atoms with E-state index in [1.54, 1.807) is 0 Å². The normalized spacial score (nSPS) is 33.5. The second kappa shape index (κ2) is 6.88. The van der Waals surface area contributed by atoms with Crippen LogP contribution in [-0.2, 0) is 0 Å². The van der Waals surface area contributed by atoms with E-state index < -0.39 is 0 Å². The summed E-state index contributed by atoms with van der Waals surface area (Å²) in [4.78, 5) is 2.68. The van der Waals surface area contributed by atoms with Crippen LogP contribution in [0, 0.1) is 5.92 Å². The van der Waals surface area contributed by atoms with Gasteiger partial charge in [0.05, 0.1) is 6.10 Å². The highest BCUT2D eigenvalue weighted by molar-refractivity contribution is 4.85. The van der Waals surface area contributed by atoms with E-state index in [0.717, 1.165) is 18.6 Å². The van der Waals surface area contributed by atoms with E-state index in [9.17, 15) is 5.11 Å². The van der Waals surface area contributed by atoms with Gasteiger partial charge in [-0.15, -0.1) is 0 Å². The first-order chi connectivity index (χ1) is 8.70. The van der Waals surface area contributed by atoms with Gasteiger partial charge in [0.2, 0.25) is 0 Å².